The minimum Gasteiger partial charge on any atom is -0.370 e. The van der Waals surface area contributed by atoms with Gasteiger partial charge in [0.15, 0.2) is 0 Å². The van der Waals surface area contributed by atoms with Gasteiger partial charge in [-0.05, 0) is 43.0 Å². The fraction of sp³-hybridized carbons (Fsp3) is 0.400. The molecule has 128 valence electrons. The first-order valence-corrected chi connectivity index (χ1v) is 8.78. The fourth-order valence-electron chi connectivity index (χ4n) is 2.66. The van der Waals surface area contributed by atoms with Crippen molar-refractivity contribution in [1.82, 2.24) is 4.98 Å². The number of anilines is 2. The number of nitrogens with zero attached hydrogens (tertiary/aromatic N) is 2. The highest BCUT2D eigenvalue weighted by atomic mass is 16.1. The predicted molar refractivity (Wildman–Crippen MR) is 101 cm³/mol. The van der Waals surface area contributed by atoms with Crippen LogP contribution in [0.25, 0.3) is 0 Å². The van der Waals surface area contributed by atoms with Gasteiger partial charge in [-0.3, -0.25) is 9.78 Å². The average molecular weight is 325 g/mol. The number of hydrogen-bond donors (Lipinski definition) is 1. The molecular weight excluding hydrogens is 298 g/mol. The quantitative estimate of drug-likeness (QED) is 0.776. The van der Waals surface area contributed by atoms with Gasteiger partial charge in [0.25, 0.3) is 5.91 Å². The average Bonchev–Trinajstić information content (AvgIpc) is 2.62. The smallest absolute Gasteiger partial charge is 0.257 e. The van der Waals surface area contributed by atoms with E-state index in [9.17, 15) is 4.79 Å². The van der Waals surface area contributed by atoms with Gasteiger partial charge in [-0.15, -0.1) is 0 Å². The van der Waals surface area contributed by atoms with Gasteiger partial charge in [-0.25, -0.2) is 0 Å². The van der Waals surface area contributed by atoms with Crippen LogP contribution in [-0.2, 0) is 6.42 Å². The van der Waals surface area contributed by atoms with Crippen molar-refractivity contribution >= 4 is 17.3 Å². The zero-order valence-electron chi connectivity index (χ0n) is 14.9. The first-order valence-electron chi connectivity index (χ1n) is 8.78. The van der Waals surface area contributed by atoms with Gasteiger partial charge in [0.05, 0.1) is 17.4 Å². The maximum absolute atomic E-state index is 12.5. The maximum Gasteiger partial charge on any atom is 0.257 e. The molecule has 1 N–H and O–H groups in total. The van der Waals surface area contributed by atoms with Crippen LogP contribution in [0.3, 0.4) is 0 Å². The Morgan fingerprint density at radius 2 is 1.71 bits per heavy atom. The second-order valence-corrected chi connectivity index (χ2v) is 5.92. The van der Waals surface area contributed by atoms with Crippen LogP contribution < -0.4 is 10.2 Å². The Morgan fingerprint density at radius 3 is 2.29 bits per heavy atom. The van der Waals surface area contributed by atoms with Crippen molar-refractivity contribution in [1.29, 1.82) is 0 Å². The Morgan fingerprint density at radius 1 is 1.04 bits per heavy atom. The lowest BCUT2D eigenvalue weighted by molar-refractivity contribution is 0.102. The summed E-state index contributed by atoms with van der Waals surface area (Å²) in [5.74, 6) is -0.124. The van der Waals surface area contributed by atoms with E-state index in [0.717, 1.165) is 43.7 Å². The van der Waals surface area contributed by atoms with Gasteiger partial charge < -0.3 is 10.2 Å². The molecule has 0 atom stereocenters. The van der Waals surface area contributed by atoms with Crippen molar-refractivity contribution in [2.45, 2.75) is 40.0 Å². The molecule has 2 aromatic rings. The molecule has 4 nitrogen and oxygen atoms in total. The van der Waals surface area contributed by atoms with Crippen molar-refractivity contribution in [3.05, 3.63) is 53.9 Å². The fourth-order valence-corrected chi connectivity index (χ4v) is 2.66. The van der Waals surface area contributed by atoms with Crippen molar-refractivity contribution < 1.29 is 4.79 Å². The van der Waals surface area contributed by atoms with E-state index in [0.29, 0.717) is 5.56 Å². The van der Waals surface area contributed by atoms with Crippen LogP contribution in [0.15, 0.2) is 42.7 Å². The number of carbonyl (C=O) groups excluding carboxylic acids is 1. The van der Waals surface area contributed by atoms with Gasteiger partial charge in [-0.1, -0.05) is 32.9 Å². The zero-order valence-corrected chi connectivity index (χ0v) is 14.9. The monoisotopic (exact) mass is 325 g/mol. The van der Waals surface area contributed by atoms with Crippen molar-refractivity contribution in [2.75, 3.05) is 23.3 Å². The maximum atomic E-state index is 12.5. The second-order valence-electron chi connectivity index (χ2n) is 5.92. The van der Waals surface area contributed by atoms with Crippen molar-refractivity contribution in [3.63, 3.8) is 0 Å². The number of rotatable bonds is 8. The van der Waals surface area contributed by atoms with Crippen LogP contribution in [0.1, 0.15) is 49.5 Å². The summed E-state index contributed by atoms with van der Waals surface area (Å²) in [7, 11) is 0. The zero-order chi connectivity index (χ0) is 17.4. The Labute approximate surface area is 144 Å². The Kier molecular flexibility index (Phi) is 6.79. The first-order chi connectivity index (χ1) is 11.7. The molecular formula is C20H27N3O. The Bertz CT molecular complexity index is 646. The molecule has 24 heavy (non-hydrogen) atoms. The highest BCUT2D eigenvalue weighted by molar-refractivity contribution is 6.04. The molecule has 0 unspecified atom stereocenters. The summed E-state index contributed by atoms with van der Waals surface area (Å²) in [4.78, 5) is 19.0. The van der Waals surface area contributed by atoms with Gasteiger partial charge in [0, 0.05) is 25.0 Å². The van der Waals surface area contributed by atoms with Crippen molar-refractivity contribution in [3.8, 4) is 0 Å². The van der Waals surface area contributed by atoms with Gasteiger partial charge >= 0.3 is 0 Å². The van der Waals surface area contributed by atoms with E-state index < -0.39 is 0 Å². The van der Waals surface area contributed by atoms with E-state index in [2.05, 4.69) is 36.0 Å². The first kappa shape index (κ1) is 18.0. The number of nitrogens with one attached hydrogen (secondary N) is 1. The molecule has 0 aliphatic rings. The summed E-state index contributed by atoms with van der Waals surface area (Å²) >= 11 is 0. The second kappa shape index (κ2) is 9.06. The molecule has 1 heterocycles. The summed E-state index contributed by atoms with van der Waals surface area (Å²) < 4.78 is 0. The molecule has 0 radical (unpaired) electrons. The summed E-state index contributed by atoms with van der Waals surface area (Å²) in [5, 5.41) is 2.94. The summed E-state index contributed by atoms with van der Waals surface area (Å²) in [6.45, 7) is 8.38. The van der Waals surface area contributed by atoms with Gasteiger partial charge in [0.1, 0.15) is 0 Å². The lowest BCUT2D eigenvalue weighted by atomic mass is 10.1. The van der Waals surface area contributed by atoms with Crippen LogP contribution in [0.4, 0.5) is 11.4 Å². The number of aryl methyl sites for hydroxylation is 1. The van der Waals surface area contributed by atoms with Crippen molar-refractivity contribution in [2.24, 2.45) is 0 Å². The van der Waals surface area contributed by atoms with Gasteiger partial charge in [0.2, 0.25) is 0 Å². The molecule has 0 saturated heterocycles. The van der Waals surface area contributed by atoms with Gasteiger partial charge in [-0.2, -0.15) is 0 Å². The van der Waals surface area contributed by atoms with Crippen LogP contribution in [-0.4, -0.2) is 24.0 Å². The highest BCUT2D eigenvalue weighted by Crippen LogP contribution is 2.17. The lowest BCUT2D eigenvalue weighted by Gasteiger charge is -2.23. The Balaban J connectivity index is 2.12. The number of carbonyl (C=O) groups is 1. The third-order valence-electron chi connectivity index (χ3n) is 3.96. The molecule has 0 spiro atoms. The molecule has 1 aromatic carbocycles. The van der Waals surface area contributed by atoms with Crippen LogP contribution in [0, 0.1) is 0 Å². The SMILES string of the molecule is CCCN(CCC)c1cncc(C(=O)Nc2ccc(CC)cc2)c1. The lowest BCUT2D eigenvalue weighted by Crippen LogP contribution is -2.25. The minimum absolute atomic E-state index is 0.124. The van der Waals surface area contributed by atoms with E-state index in [1.165, 1.54) is 5.56 Å². The third kappa shape index (κ3) is 4.82. The number of aromatic nitrogens is 1. The number of hydrogen-bond acceptors (Lipinski definition) is 3. The van der Waals surface area contributed by atoms with Crippen LogP contribution in [0.2, 0.25) is 0 Å². The topological polar surface area (TPSA) is 45.2 Å². The molecule has 0 aliphatic carbocycles. The van der Waals surface area contributed by atoms with E-state index in [-0.39, 0.29) is 5.91 Å². The standard InChI is InChI=1S/C20H27N3O/c1-4-11-23(12-5-2)19-13-17(14-21-15-19)20(24)22-18-9-7-16(6-3)8-10-18/h7-10,13-15H,4-6,11-12H2,1-3H3,(H,22,24). The highest BCUT2D eigenvalue weighted by Gasteiger charge is 2.11. The van der Waals surface area contributed by atoms with E-state index in [1.807, 2.05) is 36.5 Å². The summed E-state index contributed by atoms with van der Waals surface area (Å²) in [6.07, 6.45) is 6.58. The number of amides is 1. The Hall–Kier alpha value is -2.36. The predicted octanol–water partition coefficient (Wildman–Crippen LogP) is 4.52. The molecule has 0 aliphatic heterocycles. The van der Waals surface area contributed by atoms with E-state index in [4.69, 9.17) is 0 Å². The minimum atomic E-state index is -0.124. The third-order valence-corrected chi connectivity index (χ3v) is 3.96. The number of pyridine rings is 1. The molecule has 2 rings (SSSR count). The summed E-state index contributed by atoms with van der Waals surface area (Å²) in [6, 6.07) is 9.88. The van der Waals surface area contributed by atoms with Crippen LogP contribution >= 0.6 is 0 Å². The largest absolute Gasteiger partial charge is 0.370 e. The molecule has 1 aromatic heterocycles. The molecule has 0 saturated carbocycles. The van der Waals surface area contributed by atoms with E-state index >= 15 is 0 Å². The van der Waals surface area contributed by atoms with Crippen LogP contribution in [0.5, 0.6) is 0 Å². The molecule has 4 heteroatoms. The molecule has 1 amide bonds. The molecule has 0 fully saturated rings. The number of benzene rings is 1. The molecule has 0 bridgehead atoms. The summed E-state index contributed by atoms with van der Waals surface area (Å²) in [5.41, 5.74) is 3.66. The van der Waals surface area contributed by atoms with E-state index in [1.54, 1.807) is 6.20 Å². The normalized spacial score (nSPS) is 10.5.